The van der Waals surface area contributed by atoms with E-state index in [9.17, 15) is 4.79 Å². The minimum atomic E-state index is -0.0616. The van der Waals surface area contributed by atoms with Crippen molar-refractivity contribution in [2.24, 2.45) is 0 Å². The van der Waals surface area contributed by atoms with Crippen molar-refractivity contribution in [2.45, 2.75) is 44.9 Å². The number of benzene rings is 1. The van der Waals surface area contributed by atoms with Crippen LogP contribution in [0.5, 0.6) is 0 Å². The molecule has 0 bridgehead atoms. The van der Waals surface area contributed by atoms with Crippen molar-refractivity contribution in [3.8, 4) is 0 Å². The van der Waals surface area contributed by atoms with E-state index in [0.29, 0.717) is 5.13 Å². The van der Waals surface area contributed by atoms with Gasteiger partial charge in [-0.25, -0.2) is 0 Å². The lowest BCUT2D eigenvalue weighted by molar-refractivity contribution is -0.117. The van der Waals surface area contributed by atoms with Gasteiger partial charge in [-0.3, -0.25) is 10.1 Å². The molecule has 1 heterocycles. The maximum absolute atomic E-state index is 12.5. The van der Waals surface area contributed by atoms with E-state index in [1.54, 1.807) is 0 Å². The summed E-state index contributed by atoms with van der Waals surface area (Å²) in [5.41, 5.74) is 2.47. The second-order valence-electron chi connectivity index (χ2n) is 5.38. The van der Waals surface area contributed by atoms with Crippen molar-refractivity contribution in [3.63, 3.8) is 0 Å². The fraction of sp³-hybridized carbons (Fsp3) is 0.438. The molecule has 0 radical (unpaired) electrons. The Bertz CT molecular complexity index is 638. The summed E-state index contributed by atoms with van der Waals surface area (Å²) in [5.74, 6) is -0.0187. The molecule has 1 aliphatic rings. The van der Waals surface area contributed by atoms with Gasteiger partial charge < -0.3 is 0 Å². The topological polar surface area (TPSA) is 54.9 Å². The first kappa shape index (κ1) is 14.2. The lowest BCUT2D eigenvalue weighted by Crippen LogP contribution is -2.24. The van der Waals surface area contributed by atoms with Crippen LogP contribution in [-0.4, -0.2) is 16.1 Å². The molecule has 2 aromatic rings. The molecule has 1 atom stereocenters. The normalized spacial score (nSPS) is 17.3. The van der Waals surface area contributed by atoms with Crippen molar-refractivity contribution in [3.05, 3.63) is 40.4 Å². The van der Waals surface area contributed by atoms with Crippen LogP contribution < -0.4 is 5.32 Å². The number of rotatable bonds is 4. The molecule has 5 heteroatoms. The number of amides is 1. The van der Waals surface area contributed by atoms with Crippen LogP contribution in [0.3, 0.4) is 0 Å². The van der Waals surface area contributed by atoms with Gasteiger partial charge in [-0.15, -0.1) is 10.2 Å². The van der Waals surface area contributed by atoms with Crippen LogP contribution in [0, 0.1) is 0 Å². The summed E-state index contributed by atoms with van der Waals surface area (Å²) in [6.07, 6.45) is 4.99. The number of aromatic nitrogens is 2. The molecule has 0 saturated carbocycles. The maximum atomic E-state index is 12.5. The molecule has 1 unspecified atom stereocenters. The highest BCUT2D eigenvalue weighted by atomic mass is 32.1. The van der Waals surface area contributed by atoms with Crippen molar-refractivity contribution in [2.75, 3.05) is 5.32 Å². The number of carbonyl (C=O) groups excluding carboxylic acids is 1. The lowest BCUT2D eigenvalue weighted by Gasteiger charge is -2.24. The van der Waals surface area contributed by atoms with Crippen molar-refractivity contribution in [1.82, 2.24) is 10.2 Å². The Morgan fingerprint density at radius 1 is 1.38 bits per heavy atom. The predicted molar refractivity (Wildman–Crippen MR) is 84.7 cm³/mol. The third-order valence-corrected chi connectivity index (χ3v) is 4.75. The first-order valence-corrected chi connectivity index (χ1v) is 8.30. The number of hydrogen-bond donors (Lipinski definition) is 1. The fourth-order valence-corrected chi connectivity index (χ4v) is 3.68. The Hall–Kier alpha value is -1.75. The van der Waals surface area contributed by atoms with Crippen LogP contribution >= 0.6 is 11.3 Å². The number of hydrogen-bond acceptors (Lipinski definition) is 4. The molecule has 4 nitrogen and oxygen atoms in total. The van der Waals surface area contributed by atoms with Gasteiger partial charge in [0.05, 0.1) is 5.92 Å². The van der Waals surface area contributed by atoms with E-state index in [-0.39, 0.29) is 11.8 Å². The molecule has 1 aromatic carbocycles. The highest BCUT2D eigenvalue weighted by molar-refractivity contribution is 7.15. The monoisotopic (exact) mass is 301 g/mol. The number of anilines is 1. The summed E-state index contributed by atoms with van der Waals surface area (Å²) in [6, 6.07) is 8.25. The summed E-state index contributed by atoms with van der Waals surface area (Å²) in [5, 5.41) is 12.7. The van der Waals surface area contributed by atoms with Gasteiger partial charge in [0.15, 0.2) is 0 Å². The molecule has 0 saturated heterocycles. The Balaban J connectivity index is 1.74. The van der Waals surface area contributed by atoms with Crippen LogP contribution in [0.25, 0.3) is 0 Å². The van der Waals surface area contributed by atoms with Crippen LogP contribution in [0.1, 0.15) is 48.2 Å². The molecular formula is C16H19N3OS. The smallest absolute Gasteiger partial charge is 0.233 e. The van der Waals surface area contributed by atoms with Gasteiger partial charge in [0, 0.05) is 6.42 Å². The van der Waals surface area contributed by atoms with E-state index in [2.05, 4.69) is 34.6 Å². The molecule has 1 N–H and O–H groups in total. The lowest BCUT2D eigenvalue weighted by atomic mass is 9.82. The quantitative estimate of drug-likeness (QED) is 0.939. The van der Waals surface area contributed by atoms with Gasteiger partial charge in [0.1, 0.15) is 5.01 Å². The molecule has 0 fully saturated rings. The first-order valence-electron chi connectivity index (χ1n) is 7.49. The highest BCUT2D eigenvalue weighted by Crippen LogP contribution is 2.32. The number of aryl methyl sites for hydroxylation is 2. The number of nitrogens with zero attached hydrogens (tertiary/aromatic N) is 2. The molecular weight excluding hydrogens is 282 g/mol. The van der Waals surface area contributed by atoms with Crippen LogP contribution in [0.2, 0.25) is 0 Å². The average molecular weight is 301 g/mol. The number of nitrogens with one attached hydrogen (secondary N) is 1. The maximum Gasteiger partial charge on any atom is 0.233 e. The van der Waals surface area contributed by atoms with Gasteiger partial charge in [0.2, 0.25) is 11.0 Å². The summed E-state index contributed by atoms with van der Waals surface area (Å²) in [7, 11) is 0. The van der Waals surface area contributed by atoms with Crippen molar-refractivity contribution >= 4 is 22.4 Å². The van der Waals surface area contributed by atoms with E-state index < -0.39 is 0 Å². The SMILES string of the molecule is CCCc1nnc(NC(=O)C2CCCc3ccccc32)s1. The van der Waals surface area contributed by atoms with Crippen molar-refractivity contribution < 1.29 is 4.79 Å². The zero-order valence-electron chi connectivity index (χ0n) is 12.1. The van der Waals surface area contributed by atoms with Crippen LogP contribution in [0.4, 0.5) is 5.13 Å². The van der Waals surface area contributed by atoms with Gasteiger partial charge >= 0.3 is 0 Å². The fourth-order valence-electron chi connectivity index (χ4n) is 2.84. The molecule has 110 valence electrons. The van der Waals surface area contributed by atoms with Crippen LogP contribution in [0.15, 0.2) is 24.3 Å². The van der Waals surface area contributed by atoms with Gasteiger partial charge in [-0.1, -0.05) is 42.5 Å². The molecule has 21 heavy (non-hydrogen) atoms. The third-order valence-electron chi connectivity index (χ3n) is 3.85. The Labute approximate surface area is 128 Å². The zero-order valence-corrected chi connectivity index (χ0v) is 12.9. The molecule has 0 aliphatic heterocycles. The molecule has 1 aromatic heterocycles. The molecule has 3 rings (SSSR count). The largest absolute Gasteiger partial charge is 0.300 e. The molecule has 1 aliphatic carbocycles. The molecule has 0 spiro atoms. The van der Waals surface area contributed by atoms with Gasteiger partial charge in [0.25, 0.3) is 0 Å². The Morgan fingerprint density at radius 3 is 3.10 bits per heavy atom. The molecule has 1 amide bonds. The first-order chi connectivity index (χ1) is 10.3. The average Bonchev–Trinajstić information content (AvgIpc) is 2.94. The standard InChI is InChI=1S/C16H19N3OS/c1-2-6-14-18-19-16(21-14)17-15(20)13-10-5-8-11-7-3-4-9-12(11)13/h3-4,7,9,13H,2,5-6,8,10H2,1H3,(H,17,19,20). The number of carbonyl (C=O) groups is 1. The van der Waals surface area contributed by atoms with Gasteiger partial charge in [-0.05, 0) is 36.8 Å². The minimum absolute atomic E-state index is 0.0429. The predicted octanol–water partition coefficient (Wildman–Crippen LogP) is 3.55. The van der Waals surface area contributed by atoms with E-state index in [4.69, 9.17) is 0 Å². The highest BCUT2D eigenvalue weighted by Gasteiger charge is 2.26. The second-order valence-corrected chi connectivity index (χ2v) is 6.45. The Morgan fingerprint density at radius 2 is 2.24 bits per heavy atom. The summed E-state index contributed by atoms with van der Waals surface area (Å²) in [6.45, 7) is 2.11. The van der Waals surface area contributed by atoms with E-state index >= 15 is 0 Å². The summed E-state index contributed by atoms with van der Waals surface area (Å²) < 4.78 is 0. The van der Waals surface area contributed by atoms with E-state index in [0.717, 1.165) is 37.1 Å². The minimum Gasteiger partial charge on any atom is -0.300 e. The summed E-state index contributed by atoms with van der Waals surface area (Å²) in [4.78, 5) is 12.5. The van der Waals surface area contributed by atoms with E-state index in [1.165, 1.54) is 22.5 Å². The van der Waals surface area contributed by atoms with Crippen LogP contribution in [-0.2, 0) is 17.6 Å². The third kappa shape index (κ3) is 3.13. The Kier molecular flexibility index (Phi) is 4.29. The zero-order chi connectivity index (χ0) is 14.7. The van der Waals surface area contributed by atoms with Gasteiger partial charge in [-0.2, -0.15) is 0 Å². The number of fused-ring (bicyclic) bond motifs is 1. The second kappa shape index (κ2) is 6.35. The van der Waals surface area contributed by atoms with Crippen molar-refractivity contribution in [1.29, 1.82) is 0 Å². The summed E-state index contributed by atoms with van der Waals surface area (Å²) >= 11 is 1.48. The van der Waals surface area contributed by atoms with E-state index in [1.807, 2.05) is 12.1 Å².